The third-order valence-electron chi connectivity index (χ3n) is 2.92. The molecule has 5 heteroatoms. The molecule has 92 valence electrons. The molecule has 0 saturated heterocycles. The van der Waals surface area contributed by atoms with E-state index >= 15 is 0 Å². The Bertz CT molecular complexity index is 276. The molecule has 3 N–H and O–H groups in total. The summed E-state index contributed by atoms with van der Waals surface area (Å²) in [5.41, 5.74) is 0.237. The predicted molar refractivity (Wildman–Crippen MR) is 60.2 cm³/mol. The van der Waals surface area contributed by atoms with Crippen LogP contribution >= 0.6 is 0 Å². The van der Waals surface area contributed by atoms with Gasteiger partial charge in [0.25, 0.3) is 0 Å². The molecule has 0 aromatic carbocycles. The van der Waals surface area contributed by atoms with Gasteiger partial charge in [0.2, 0.25) is 0 Å². The lowest BCUT2D eigenvalue weighted by atomic mass is 10.2. The zero-order valence-corrected chi connectivity index (χ0v) is 9.88. The van der Waals surface area contributed by atoms with Gasteiger partial charge in [-0.15, -0.1) is 0 Å². The fourth-order valence-electron chi connectivity index (χ4n) is 1.53. The van der Waals surface area contributed by atoms with E-state index in [9.17, 15) is 9.59 Å². The lowest BCUT2D eigenvalue weighted by Gasteiger charge is -2.08. The highest BCUT2D eigenvalue weighted by atomic mass is 16.4. The molecule has 1 fully saturated rings. The van der Waals surface area contributed by atoms with Crippen LogP contribution in [0, 0.1) is 5.41 Å². The van der Waals surface area contributed by atoms with E-state index in [2.05, 4.69) is 24.5 Å². The Morgan fingerprint density at radius 1 is 1.38 bits per heavy atom. The van der Waals surface area contributed by atoms with Gasteiger partial charge in [-0.3, -0.25) is 4.79 Å². The van der Waals surface area contributed by atoms with E-state index in [1.807, 2.05) is 0 Å². The number of carbonyl (C=O) groups is 2. The number of unbranched alkanes of at least 4 members (excludes halogenated alkanes) is 1. The van der Waals surface area contributed by atoms with Gasteiger partial charge >= 0.3 is 12.0 Å². The summed E-state index contributed by atoms with van der Waals surface area (Å²) in [5.74, 6) is -0.788. The molecule has 0 aromatic rings. The van der Waals surface area contributed by atoms with Crippen molar-refractivity contribution in [3.8, 4) is 0 Å². The number of hydrogen-bond acceptors (Lipinski definition) is 2. The van der Waals surface area contributed by atoms with Crippen molar-refractivity contribution < 1.29 is 14.7 Å². The quantitative estimate of drug-likeness (QED) is 0.600. The highest BCUT2D eigenvalue weighted by Crippen LogP contribution is 2.44. The molecule has 1 aliphatic rings. The van der Waals surface area contributed by atoms with E-state index < -0.39 is 5.97 Å². The number of urea groups is 1. The summed E-state index contributed by atoms with van der Waals surface area (Å²) in [7, 11) is 0. The lowest BCUT2D eigenvalue weighted by Crippen LogP contribution is -2.38. The van der Waals surface area contributed by atoms with Crippen molar-refractivity contribution in [3.63, 3.8) is 0 Å². The van der Waals surface area contributed by atoms with Gasteiger partial charge in [0.1, 0.15) is 0 Å². The molecule has 1 atom stereocenters. The molecule has 0 spiro atoms. The van der Waals surface area contributed by atoms with Crippen molar-refractivity contribution in [2.75, 3.05) is 6.54 Å². The van der Waals surface area contributed by atoms with Crippen molar-refractivity contribution in [3.05, 3.63) is 0 Å². The second-order valence-corrected chi connectivity index (χ2v) is 5.00. The third kappa shape index (κ3) is 4.51. The number of hydrogen-bond donors (Lipinski definition) is 3. The summed E-state index contributed by atoms with van der Waals surface area (Å²) in [4.78, 5) is 21.6. The second-order valence-electron chi connectivity index (χ2n) is 5.00. The third-order valence-corrected chi connectivity index (χ3v) is 2.92. The van der Waals surface area contributed by atoms with Crippen LogP contribution in [0.25, 0.3) is 0 Å². The Kier molecular flexibility index (Phi) is 4.15. The molecule has 5 nitrogen and oxygen atoms in total. The standard InChI is InChI=1S/C11H20N2O3/c1-11(2)7-8(11)13-10(16)12-6-4-3-5-9(14)15/h8H,3-7H2,1-2H3,(H,14,15)(H2,12,13,16). The monoisotopic (exact) mass is 228 g/mol. The number of aliphatic carboxylic acids is 1. The topological polar surface area (TPSA) is 78.4 Å². The average molecular weight is 228 g/mol. The molecule has 1 unspecified atom stereocenters. The maximum Gasteiger partial charge on any atom is 0.315 e. The first-order valence-electron chi connectivity index (χ1n) is 5.68. The van der Waals surface area contributed by atoms with E-state index in [1.54, 1.807) is 0 Å². The fourth-order valence-corrected chi connectivity index (χ4v) is 1.53. The normalized spacial score (nSPS) is 21.2. The van der Waals surface area contributed by atoms with Crippen LogP contribution in [0.4, 0.5) is 4.79 Å². The minimum absolute atomic E-state index is 0.147. The molecule has 2 amide bonds. The Morgan fingerprint density at radius 3 is 2.50 bits per heavy atom. The Labute approximate surface area is 95.6 Å². The molecule has 0 bridgehead atoms. The highest BCUT2D eigenvalue weighted by molar-refractivity contribution is 5.74. The number of amides is 2. The lowest BCUT2D eigenvalue weighted by molar-refractivity contribution is -0.137. The molecule has 1 aliphatic carbocycles. The summed E-state index contributed by atoms with van der Waals surface area (Å²) in [6.45, 7) is 4.77. The SMILES string of the molecule is CC1(C)CC1NC(=O)NCCCCC(=O)O. The number of carboxylic acids is 1. The maximum atomic E-state index is 11.3. The minimum atomic E-state index is -0.788. The average Bonchev–Trinajstić information content (AvgIpc) is 2.72. The van der Waals surface area contributed by atoms with Gasteiger partial charge in [-0.25, -0.2) is 4.79 Å². The van der Waals surface area contributed by atoms with Crippen LogP contribution in [0.2, 0.25) is 0 Å². The number of carboxylic acid groups (broad SMARTS) is 1. The zero-order valence-electron chi connectivity index (χ0n) is 9.88. The molecule has 1 rings (SSSR count). The zero-order chi connectivity index (χ0) is 12.2. The van der Waals surface area contributed by atoms with E-state index in [4.69, 9.17) is 5.11 Å². The van der Waals surface area contributed by atoms with Crippen LogP contribution in [0.5, 0.6) is 0 Å². The molecule has 0 aliphatic heterocycles. The van der Waals surface area contributed by atoms with E-state index in [-0.39, 0.29) is 23.9 Å². The molecule has 1 saturated carbocycles. The number of carbonyl (C=O) groups excluding carboxylic acids is 1. The van der Waals surface area contributed by atoms with E-state index in [0.717, 1.165) is 6.42 Å². The second kappa shape index (κ2) is 5.18. The first-order chi connectivity index (χ1) is 7.42. The summed E-state index contributed by atoms with van der Waals surface area (Å²) in [6.07, 6.45) is 2.50. The smallest absolute Gasteiger partial charge is 0.315 e. The van der Waals surface area contributed by atoms with Gasteiger partial charge in [0.15, 0.2) is 0 Å². The van der Waals surface area contributed by atoms with Crippen molar-refractivity contribution >= 4 is 12.0 Å². The van der Waals surface area contributed by atoms with E-state index in [1.165, 1.54) is 0 Å². The Hall–Kier alpha value is -1.26. The van der Waals surface area contributed by atoms with Gasteiger partial charge < -0.3 is 15.7 Å². The highest BCUT2D eigenvalue weighted by Gasteiger charge is 2.46. The van der Waals surface area contributed by atoms with Crippen molar-refractivity contribution in [2.45, 2.75) is 45.6 Å². The van der Waals surface area contributed by atoms with Crippen molar-refractivity contribution in [2.24, 2.45) is 5.41 Å². The van der Waals surface area contributed by atoms with E-state index in [0.29, 0.717) is 19.4 Å². The molecular formula is C11H20N2O3. The van der Waals surface area contributed by atoms with Crippen LogP contribution < -0.4 is 10.6 Å². The summed E-state index contributed by atoms with van der Waals surface area (Å²) < 4.78 is 0. The summed E-state index contributed by atoms with van der Waals surface area (Å²) in [5, 5.41) is 14.0. The van der Waals surface area contributed by atoms with Crippen LogP contribution in [-0.2, 0) is 4.79 Å². The summed E-state index contributed by atoms with van der Waals surface area (Å²) >= 11 is 0. The Morgan fingerprint density at radius 2 is 2.00 bits per heavy atom. The molecule has 16 heavy (non-hydrogen) atoms. The van der Waals surface area contributed by atoms with Crippen molar-refractivity contribution in [1.29, 1.82) is 0 Å². The molecular weight excluding hydrogens is 208 g/mol. The van der Waals surface area contributed by atoms with Crippen LogP contribution in [0.15, 0.2) is 0 Å². The number of rotatable bonds is 6. The largest absolute Gasteiger partial charge is 0.481 e. The van der Waals surface area contributed by atoms with Crippen LogP contribution in [-0.4, -0.2) is 29.7 Å². The minimum Gasteiger partial charge on any atom is -0.481 e. The van der Waals surface area contributed by atoms with Crippen LogP contribution in [0.1, 0.15) is 39.5 Å². The van der Waals surface area contributed by atoms with Gasteiger partial charge in [-0.05, 0) is 24.7 Å². The molecule has 0 heterocycles. The predicted octanol–water partition coefficient (Wildman–Crippen LogP) is 1.34. The number of nitrogens with one attached hydrogen (secondary N) is 2. The van der Waals surface area contributed by atoms with Crippen molar-refractivity contribution in [1.82, 2.24) is 10.6 Å². The van der Waals surface area contributed by atoms with Gasteiger partial charge in [-0.1, -0.05) is 13.8 Å². The first kappa shape index (κ1) is 12.8. The fraction of sp³-hybridized carbons (Fsp3) is 0.818. The summed E-state index contributed by atoms with van der Waals surface area (Å²) in [6, 6.07) is 0.136. The van der Waals surface area contributed by atoms with Gasteiger partial charge in [0.05, 0.1) is 0 Å². The Balaban J connectivity index is 1.97. The van der Waals surface area contributed by atoms with Crippen LogP contribution in [0.3, 0.4) is 0 Å². The van der Waals surface area contributed by atoms with Gasteiger partial charge in [-0.2, -0.15) is 0 Å². The van der Waals surface area contributed by atoms with Gasteiger partial charge in [0, 0.05) is 19.0 Å². The maximum absolute atomic E-state index is 11.3. The molecule has 0 aromatic heterocycles. The first-order valence-corrected chi connectivity index (χ1v) is 5.68. The molecule has 0 radical (unpaired) electrons.